The normalized spacial score (nSPS) is 29.1. The van der Waals surface area contributed by atoms with Gasteiger partial charge >= 0.3 is 0 Å². The van der Waals surface area contributed by atoms with Crippen LogP contribution in [0.3, 0.4) is 0 Å². The first kappa shape index (κ1) is 20.1. The van der Waals surface area contributed by atoms with E-state index in [0.717, 1.165) is 34.0 Å². The number of nitrogens with one attached hydrogen (secondary N) is 1. The Morgan fingerprint density at radius 2 is 1.57 bits per heavy atom. The number of ether oxygens (including phenoxy) is 1. The smallest absolute Gasteiger partial charge is 0.252 e. The molecule has 4 fully saturated rings. The lowest BCUT2D eigenvalue weighted by Crippen LogP contribution is -2.52. The van der Waals surface area contributed by atoms with Gasteiger partial charge in [-0.3, -0.25) is 4.79 Å². The lowest BCUT2D eigenvalue weighted by molar-refractivity contribution is -0.160. The van der Waals surface area contributed by atoms with Crippen molar-refractivity contribution in [2.45, 2.75) is 54.8 Å². The first-order chi connectivity index (χ1) is 14.7. The van der Waals surface area contributed by atoms with Gasteiger partial charge in [-0.05, 0) is 74.0 Å². The predicted octanol–water partition coefficient (Wildman–Crippen LogP) is 5.69. The molecule has 0 aromatic heterocycles. The maximum absolute atomic E-state index is 12.8. The molecule has 3 nitrogen and oxygen atoms in total. The second kappa shape index (κ2) is 8.76. The van der Waals surface area contributed by atoms with Crippen LogP contribution in [0.1, 0.15) is 54.4 Å². The van der Waals surface area contributed by atoms with E-state index >= 15 is 0 Å². The van der Waals surface area contributed by atoms with Crippen LogP contribution in [0.25, 0.3) is 0 Å². The summed E-state index contributed by atoms with van der Waals surface area (Å²) < 4.78 is 6.44. The molecule has 0 atom stereocenters. The molecule has 0 radical (unpaired) electrons. The number of carbonyl (C=O) groups is 1. The van der Waals surface area contributed by atoms with Gasteiger partial charge in [0.2, 0.25) is 0 Å². The van der Waals surface area contributed by atoms with Gasteiger partial charge in [-0.1, -0.05) is 42.5 Å². The molecule has 0 aliphatic heterocycles. The van der Waals surface area contributed by atoms with Gasteiger partial charge in [0, 0.05) is 17.2 Å². The Balaban J connectivity index is 1.13. The second-order valence-corrected chi connectivity index (χ2v) is 10.5. The average Bonchev–Trinajstić information content (AvgIpc) is 2.75. The van der Waals surface area contributed by atoms with Crippen LogP contribution >= 0.6 is 11.8 Å². The van der Waals surface area contributed by atoms with E-state index in [0.29, 0.717) is 13.2 Å². The highest BCUT2D eigenvalue weighted by Crippen LogP contribution is 2.57. The molecule has 0 saturated heterocycles. The monoisotopic (exact) mass is 421 g/mol. The quantitative estimate of drug-likeness (QED) is 0.439. The van der Waals surface area contributed by atoms with E-state index in [2.05, 4.69) is 29.6 Å². The van der Waals surface area contributed by atoms with E-state index in [1.165, 1.54) is 44.1 Å². The Hall–Kier alpha value is -1.78. The van der Waals surface area contributed by atoms with Crippen LogP contribution in [0, 0.1) is 17.8 Å². The number of hydrogen-bond acceptors (Lipinski definition) is 3. The number of thioether (sulfide) groups is 1. The van der Waals surface area contributed by atoms with Crippen LogP contribution in [0.2, 0.25) is 0 Å². The van der Waals surface area contributed by atoms with Crippen molar-refractivity contribution in [2.75, 3.05) is 13.2 Å². The second-order valence-electron chi connectivity index (χ2n) is 9.48. The van der Waals surface area contributed by atoms with Gasteiger partial charge < -0.3 is 10.1 Å². The molecule has 4 heteroatoms. The average molecular weight is 422 g/mol. The Kier molecular flexibility index (Phi) is 5.88. The van der Waals surface area contributed by atoms with E-state index in [4.69, 9.17) is 4.74 Å². The minimum Gasteiger partial charge on any atom is -0.373 e. The van der Waals surface area contributed by atoms with Crippen LogP contribution in [0.5, 0.6) is 0 Å². The number of hydrogen-bond donors (Lipinski definition) is 1. The third-order valence-corrected chi connectivity index (χ3v) is 8.29. The summed E-state index contributed by atoms with van der Waals surface area (Å²) >= 11 is 1.71. The van der Waals surface area contributed by atoms with E-state index < -0.39 is 0 Å². The Morgan fingerprint density at radius 3 is 2.27 bits per heavy atom. The van der Waals surface area contributed by atoms with Gasteiger partial charge in [-0.15, -0.1) is 11.8 Å². The fraction of sp³-hybridized carbons (Fsp3) is 0.500. The van der Waals surface area contributed by atoms with Crippen molar-refractivity contribution >= 4 is 17.7 Å². The third kappa shape index (κ3) is 4.45. The SMILES string of the molecule is O=C(NCCOC12CC3CC(CC(C3)C1)C2)c1ccccc1SCc1ccccc1. The molecule has 2 aromatic rings. The van der Waals surface area contributed by atoms with Crippen molar-refractivity contribution < 1.29 is 9.53 Å². The Labute approximate surface area is 184 Å². The predicted molar refractivity (Wildman–Crippen MR) is 122 cm³/mol. The lowest BCUT2D eigenvalue weighted by atomic mass is 9.54. The van der Waals surface area contributed by atoms with Crippen LogP contribution in [-0.4, -0.2) is 24.7 Å². The molecule has 30 heavy (non-hydrogen) atoms. The van der Waals surface area contributed by atoms with Crippen LogP contribution in [-0.2, 0) is 10.5 Å². The van der Waals surface area contributed by atoms with E-state index in [1.54, 1.807) is 11.8 Å². The number of rotatable bonds is 8. The number of amides is 1. The van der Waals surface area contributed by atoms with Gasteiger partial charge in [-0.25, -0.2) is 0 Å². The molecule has 4 bridgehead atoms. The first-order valence-corrected chi connectivity index (χ1v) is 12.4. The molecule has 1 amide bonds. The van der Waals surface area contributed by atoms with E-state index in [9.17, 15) is 4.79 Å². The highest BCUT2D eigenvalue weighted by molar-refractivity contribution is 7.98. The summed E-state index contributed by atoms with van der Waals surface area (Å²) in [7, 11) is 0. The summed E-state index contributed by atoms with van der Waals surface area (Å²) in [6.07, 6.45) is 8.01. The number of benzene rings is 2. The van der Waals surface area contributed by atoms with Crippen molar-refractivity contribution in [1.29, 1.82) is 0 Å². The van der Waals surface area contributed by atoms with Gasteiger partial charge in [0.15, 0.2) is 0 Å². The summed E-state index contributed by atoms with van der Waals surface area (Å²) in [5, 5.41) is 3.09. The fourth-order valence-electron chi connectivity index (χ4n) is 6.25. The molecule has 0 unspecified atom stereocenters. The molecule has 0 spiro atoms. The lowest BCUT2D eigenvalue weighted by Gasteiger charge is -2.56. The highest BCUT2D eigenvalue weighted by atomic mass is 32.2. The van der Waals surface area contributed by atoms with Crippen LogP contribution in [0.4, 0.5) is 0 Å². The molecule has 158 valence electrons. The van der Waals surface area contributed by atoms with Gasteiger partial charge in [0.25, 0.3) is 5.91 Å². The van der Waals surface area contributed by atoms with Gasteiger partial charge in [-0.2, -0.15) is 0 Å². The van der Waals surface area contributed by atoms with Crippen molar-refractivity contribution in [3.63, 3.8) is 0 Å². The topological polar surface area (TPSA) is 38.3 Å². The van der Waals surface area contributed by atoms with Crippen molar-refractivity contribution in [3.8, 4) is 0 Å². The minimum absolute atomic E-state index is 0.000253. The van der Waals surface area contributed by atoms with Crippen molar-refractivity contribution in [1.82, 2.24) is 5.32 Å². The zero-order valence-electron chi connectivity index (χ0n) is 17.5. The molecular weight excluding hydrogens is 390 g/mol. The zero-order chi connectivity index (χ0) is 20.4. The van der Waals surface area contributed by atoms with Gasteiger partial charge in [0.1, 0.15) is 0 Å². The summed E-state index contributed by atoms with van der Waals surface area (Å²) in [6.45, 7) is 1.20. The first-order valence-electron chi connectivity index (χ1n) is 11.4. The standard InChI is InChI=1S/C26H31NO2S/c28-25(23-8-4-5-9-24(23)30-18-19-6-2-1-3-7-19)27-10-11-29-26-15-20-12-21(16-26)14-22(13-20)17-26/h1-9,20-22H,10-18H2,(H,27,28). The van der Waals surface area contributed by atoms with Crippen LogP contribution in [0.15, 0.2) is 59.5 Å². The minimum atomic E-state index is 0.000253. The van der Waals surface area contributed by atoms with Crippen molar-refractivity contribution in [2.24, 2.45) is 17.8 Å². The molecular formula is C26H31NO2S. The Morgan fingerprint density at radius 1 is 0.933 bits per heavy atom. The molecule has 1 N–H and O–H groups in total. The summed E-state index contributed by atoms with van der Waals surface area (Å²) in [4.78, 5) is 13.8. The summed E-state index contributed by atoms with van der Waals surface area (Å²) in [5.41, 5.74) is 2.14. The summed E-state index contributed by atoms with van der Waals surface area (Å²) in [6, 6.07) is 18.3. The Bertz CT molecular complexity index is 846. The molecule has 2 aromatic carbocycles. The van der Waals surface area contributed by atoms with E-state index in [1.807, 2.05) is 30.3 Å². The molecule has 4 saturated carbocycles. The summed E-state index contributed by atoms with van der Waals surface area (Å²) in [5.74, 6) is 3.53. The zero-order valence-corrected chi connectivity index (χ0v) is 18.3. The van der Waals surface area contributed by atoms with Crippen LogP contribution < -0.4 is 5.32 Å². The molecule has 6 rings (SSSR count). The van der Waals surface area contributed by atoms with Gasteiger partial charge in [0.05, 0.1) is 17.8 Å². The third-order valence-electron chi connectivity index (χ3n) is 7.15. The maximum Gasteiger partial charge on any atom is 0.252 e. The van der Waals surface area contributed by atoms with Crippen molar-refractivity contribution in [3.05, 3.63) is 65.7 Å². The molecule has 4 aliphatic rings. The van der Waals surface area contributed by atoms with E-state index in [-0.39, 0.29) is 11.5 Å². The largest absolute Gasteiger partial charge is 0.373 e. The highest BCUT2D eigenvalue weighted by Gasteiger charge is 2.51. The molecule has 0 heterocycles. The maximum atomic E-state index is 12.8. The molecule has 4 aliphatic carbocycles. The fourth-order valence-corrected chi connectivity index (χ4v) is 7.26. The number of carbonyl (C=O) groups excluding carboxylic acids is 1.